The number of aliphatic imine (C=N–C) groups is 1. The van der Waals surface area contributed by atoms with Gasteiger partial charge in [-0.2, -0.15) is 13.2 Å². The van der Waals surface area contributed by atoms with Crippen molar-refractivity contribution in [2.45, 2.75) is 65.0 Å². The van der Waals surface area contributed by atoms with E-state index in [4.69, 9.17) is 10.7 Å². The highest BCUT2D eigenvalue weighted by molar-refractivity contribution is 6.04. The van der Waals surface area contributed by atoms with Gasteiger partial charge in [0.2, 0.25) is 5.91 Å². The molecule has 34 heavy (non-hydrogen) atoms. The second-order valence-electron chi connectivity index (χ2n) is 9.20. The molecule has 1 amide bonds. The summed E-state index contributed by atoms with van der Waals surface area (Å²) in [6.45, 7) is 7.60. The van der Waals surface area contributed by atoms with E-state index >= 15 is 0 Å². The summed E-state index contributed by atoms with van der Waals surface area (Å²) in [7, 11) is 0. The quantitative estimate of drug-likeness (QED) is 0.412. The molecule has 0 radical (unpaired) electrons. The van der Waals surface area contributed by atoms with Gasteiger partial charge >= 0.3 is 6.18 Å². The molecule has 0 saturated carbocycles. The van der Waals surface area contributed by atoms with Crippen LogP contribution in [0.4, 0.5) is 13.2 Å². The Hall–Kier alpha value is -3.22. The van der Waals surface area contributed by atoms with Crippen molar-refractivity contribution in [1.29, 1.82) is 0 Å². The number of nitrogens with two attached hydrogens (primary N) is 1. The number of carbonyl (C=O) groups is 2. The van der Waals surface area contributed by atoms with E-state index in [-0.39, 0.29) is 18.6 Å². The predicted molar refractivity (Wildman–Crippen MR) is 127 cm³/mol. The highest BCUT2D eigenvalue weighted by Gasteiger charge is 2.46. The molecule has 1 aliphatic rings. The zero-order valence-electron chi connectivity index (χ0n) is 19.8. The van der Waals surface area contributed by atoms with Gasteiger partial charge in [0.05, 0.1) is 17.4 Å². The first-order valence-corrected chi connectivity index (χ1v) is 11.1. The first-order valence-electron chi connectivity index (χ1n) is 11.1. The lowest BCUT2D eigenvalue weighted by molar-refractivity contribution is -0.137. The van der Waals surface area contributed by atoms with Crippen LogP contribution in [0.5, 0.6) is 0 Å². The molecule has 0 saturated heterocycles. The monoisotopic (exact) mass is 470 g/mol. The number of amides is 1. The molecule has 1 atom stereocenters. The molecule has 4 nitrogen and oxygen atoms in total. The van der Waals surface area contributed by atoms with Gasteiger partial charge < -0.3 is 5.73 Å². The predicted octanol–water partition coefficient (Wildman–Crippen LogP) is 5.78. The lowest BCUT2D eigenvalue weighted by Gasteiger charge is -2.30. The molecule has 0 spiro atoms. The molecule has 2 aromatic carbocycles. The molecular weight excluding hydrogens is 441 g/mol. The SMILES string of the molecule is CC1=C(/N=C(\C)Cc2cccc(C(F)(F)F)c2)CC(C(=O)CC(N)=O)(c2cccc(C)c2C)C1. The molecule has 0 aromatic heterocycles. The maximum absolute atomic E-state index is 13.4. The van der Waals surface area contributed by atoms with Gasteiger partial charge in [-0.1, -0.05) is 42.0 Å². The number of hydrogen-bond donors (Lipinski definition) is 1. The van der Waals surface area contributed by atoms with Crippen LogP contribution in [0, 0.1) is 13.8 Å². The van der Waals surface area contributed by atoms with Crippen LogP contribution in [-0.4, -0.2) is 17.4 Å². The lowest BCUT2D eigenvalue weighted by Crippen LogP contribution is -2.37. The average Bonchev–Trinajstić information content (AvgIpc) is 3.06. The zero-order valence-corrected chi connectivity index (χ0v) is 19.8. The molecule has 7 heteroatoms. The number of Topliss-reactive ketones (excluding diaryl/α,β-unsaturated/α-hetero) is 1. The Labute approximate surface area is 197 Å². The molecule has 3 rings (SSSR count). The Morgan fingerprint density at radius 1 is 1.06 bits per heavy atom. The third-order valence-corrected chi connectivity index (χ3v) is 6.56. The number of rotatable bonds is 7. The standard InChI is InChI=1S/C27H29F3N2O2/c1-16-7-5-10-22(19(16)4)26(24(33)13-25(31)34)14-17(2)23(15-26)32-18(3)11-20-8-6-9-21(12-20)27(28,29)30/h5-10,12H,11,13-15H2,1-4H3,(H2,31,34)/b32-18+. The topological polar surface area (TPSA) is 72.5 Å². The van der Waals surface area contributed by atoms with Gasteiger partial charge in [-0.25, -0.2) is 0 Å². The van der Waals surface area contributed by atoms with E-state index in [2.05, 4.69) is 0 Å². The van der Waals surface area contributed by atoms with Crippen molar-refractivity contribution in [3.8, 4) is 0 Å². The molecule has 1 unspecified atom stereocenters. The fraction of sp³-hybridized carbons (Fsp3) is 0.370. The van der Waals surface area contributed by atoms with Crippen LogP contribution in [0.1, 0.15) is 60.9 Å². The Morgan fingerprint density at radius 3 is 2.38 bits per heavy atom. The highest BCUT2D eigenvalue weighted by atomic mass is 19.4. The van der Waals surface area contributed by atoms with E-state index in [1.165, 1.54) is 6.07 Å². The molecule has 1 aliphatic carbocycles. The molecule has 0 bridgehead atoms. The number of hydrogen-bond acceptors (Lipinski definition) is 3. The Kier molecular flexibility index (Phi) is 7.15. The number of benzene rings is 2. The second kappa shape index (κ2) is 9.57. The van der Waals surface area contributed by atoms with Crippen LogP contribution < -0.4 is 5.73 Å². The van der Waals surface area contributed by atoms with Crippen LogP contribution in [0.25, 0.3) is 0 Å². The Bertz CT molecular complexity index is 1190. The summed E-state index contributed by atoms with van der Waals surface area (Å²) in [6, 6.07) is 11.0. The number of allylic oxidation sites excluding steroid dienone is 2. The van der Waals surface area contributed by atoms with Crippen molar-refractivity contribution in [3.63, 3.8) is 0 Å². The van der Waals surface area contributed by atoms with Crippen LogP contribution >= 0.6 is 0 Å². The van der Waals surface area contributed by atoms with Gasteiger partial charge in [-0.3, -0.25) is 14.6 Å². The van der Waals surface area contributed by atoms with E-state index in [1.807, 2.05) is 39.0 Å². The summed E-state index contributed by atoms with van der Waals surface area (Å²) in [5.74, 6) is -0.918. The molecule has 0 fully saturated rings. The molecule has 2 N–H and O–H groups in total. The summed E-state index contributed by atoms with van der Waals surface area (Å²) >= 11 is 0. The van der Waals surface area contributed by atoms with Crippen molar-refractivity contribution in [3.05, 3.63) is 81.6 Å². The Balaban J connectivity index is 1.94. The number of halogens is 3. The fourth-order valence-electron chi connectivity index (χ4n) is 4.75. The van der Waals surface area contributed by atoms with Gasteiger partial charge in [-0.15, -0.1) is 0 Å². The first kappa shape index (κ1) is 25.4. The molecule has 0 aliphatic heterocycles. The third-order valence-electron chi connectivity index (χ3n) is 6.56. The molecule has 2 aromatic rings. The molecule has 0 heterocycles. The normalized spacial score (nSPS) is 19.0. The summed E-state index contributed by atoms with van der Waals surface area (Å²) in [6.07, 6.45) is -3.78. The van der Waals surface area contributed by atoms with E-state index in [0.717, 1.165) is 40.1 Å². The van der Waals surface area contributed by atoms with E-state index in [1.54, 1.807) is 13.0 Å². The second-order valence-corrected chi connectivity index (χ2v) is 9.20. The number of alkyl halides is 3. The maximum Gasteiger partial charge on any atom is 0.416 e. The number of nitrogens with zero attached hydrogens (tertiary/aromatic N) is 1. The van der Waals surface area contributed by atoms with Crippen LogP contribution in [0.15, 0.2) is 58.7 Å². The largest absolute Gasteiger partial charge is 0.416 e. The maximum atomic E-state index is 13.4. The Morgan fingerprint density at radius 2 is 1.74 bits per heavy atom. The summed E-state index contributed by atoms with van der Waals surface area (Å²) in [5, 5.41) is 0. The van der Waals surface area contributed by atoms with Crippen molar-refractivity contribution in [2.75, 3.05) is 0 Å². The van der Waals surface area contributed by atoms with Crippen LogP contribution in [-0.2, 0) is 27.6 Å². The number of aryl methyl sites for hydroxylation is 1. The van der Waals surface area contributed by atoms with Crippen LogP contribution in [0.3, 0.4) is 0 Å². The van der Waals surface area contributed by atoms with E-state index in [0.29, 0.717) is 24.1 Å². The van der Waals surface area contributed by atoms with Gasteiger partial charge in [0.1, 0.15) is 0 Å². The fourth-order valence-corrected chi connectivity index (χ4v) is 4.75. The van der Waals surface area contributed by atoms with E-state index < -0.39 is 23.1 Å². The van der Waals surface area contributed by atoms with Crippen molar-refractivity contribution < 1.29 is 22.8 Å². The highest BCUT2D eigenvalue weighted by Crippen LogP contribution is 2.47. The van der Waals surface area contributed by atoms with Gasteiger partial charge in [0, 0.05) is 24.3 Å². The number of primary amides is 1. The minimum absolute atomic E-state index is 0.242. The minimum atomic E-state index is -4.41. The van der Waals surface area contributed by atoms with Crippen molar-refractivity contribution in [2.24, 2.45) is 10.7 Å². The third kappa shape index (κ3) is 5.29. The molecule has 180 valence electrons. The first-order chi connectivity index (χ1) is 15.8. The van der Waals surface area contributed by atoms with Crippen molar-refractivity contribution in [1.82, 2.24) is 0 Å². The summed E-state index contributed by atoms with van der Waals surface area (Å²) in [5.41, 5.74) is 9.42. The van der Waals surface area contributed by atoms with E-state index in [9.17, 15) is 22.8 Å². The molecular formula is C27H29F3N2O2. The average molecular weight is 471 g/mol. The number of ketones is 1. The summed E-state index contributed by atoms with van der Waals surface area (Å²) in [4.78, 5) is 29.7. The minimum Gasteiger partial charge on any atom is -0.369 e. The van der Waals surface area contributed by atoms with Crippen molar-refractivity contribution >= 4 is 17.4 Å². The van der Waals surface area contributed by atoms with Gasteiger partial charge in [0.25, 0.3) is 0 Å². The lowest BCUT2D eigenvalue weighted by atomic mass is 9.70. The zero-order chi connectivity index (χ0) is 25.3. The number of carbonyl (C=O) groups excluding carboxylic acids is 2. The summed E-state index contributed by atoms with van der Waals surface area (Å²) < 4.78 is 39.2. The van der Waals surface area contributed by atoms with Gasteiger partial charge in [-0.05, 0) is 62.4 Å². The smallest absolute Gasteiger partial charge is 0.369 e. The van der Waals surface area contributed by atoms with Gasteiger partial charge in [0.15, 0.2) is 5.78 Å². The van der Waals surface area contributed by atoms with Crippen LogP contribution in [0.2, 0.25) is 0 Å².